The molecular weight excluding hydrogens is 366 g/mol. The molecule has 0 spiro atoms. The van der Waals surface area contributed by atoms with E-state index in [0.717, 1.165) is 33.1 Å². The minimum atomic E-state index is -0.325. The number of H-pyrrole nitrogens is 2. The molecule has 0 bridgehead atoms. The maximum absolute atomic E-state index is 12.6. The van der Waals surface area contributed by atoms with Crippen molar-refractivity contribution in [2.75, 3.05) is 7.11 Å². The van der Waals surface area contributed by atoms with Crippen molar-refractivity contribution in [3.63, 3.8) is 0 Å². The molecule has 4 aromatic rings. The summed E-state index contributed by atoms with van der Waals surface area (Å²) in [5.74, 6) is -0.256. The molecule has 0 aliphatic carbocycles. The summed E-state index contributed by atoms with van der Waals surface area (Å²) in [6.45, 7) is 2.50. The van der Waals surface area contributed by atoms with Gasteiger partial charge in [0.15, 0.2) is 0 Å². The molecule has 0 amide bonds. The lowest BCUT2D eigenvalue weighted by molar-refractivity contribution is -0.143. The SMILES string of the molecule is CCC(NCc1ccc2[nH]c(-c3cc4ccccc4[nH]c3=O)cc2c1)C(=O)OC. The third kappa shape index (κ3) is 3.79. The summed E-state index contributed by atoms with van der Waals surface area (Å²) in [5, 5.41) is 5.23. The van der Waals surface area contributed by atoms with Crippen LogP contribution in [-0.2, 0) is 16.1 Å². The van der Waals surface area contributed by atoms with Crippen molar-refractivity contribution in [3.8, 4) is 11.3 Å². The number of hydrogen-bond donors (Lipinski definition) is 3. The fourth-order valence-electron chi connectivity index (χ4n) is 3.56. The van der Waals surface area contributed by atoms with Gasteiger partial charge in [-0.3, -0.25) is 9.59 Å². The zero-order chi connectivity index (χ0) is 20.4. The second-order valence-corrected chi connectivity index (χ2v) is 7.07. The number of rotatable bonds is 6. The molecule has 0 saturated carbocycles. The highest BCUT2D eigenvalue weighted by atomic mass is 16.5. The highest BCUT2D eigenvalue weighted by molar-refractivity contribution is 5.89. The van der Waals surface area contributed by atoms with Crippen molar-refractivity contribution in [1.82, 2.24) is 15.3 Å². The Balaban J connectivity index is 1.63. The molecule has 1 unspecified atom stereocenters. The van der Waals surface area contributed by atoms with E-state index < -0.39 is 0 Å². The minimum Gasteiger partial charge on any atom is -0.468 e. The molecular formula is C23H23N3O3. The number of carbonyl (C=O) groups excluding carboxylic acids is 1. The van der Waals surface area contributed by atoms with Crippen molar-refractivity contribution >= 4 is 27.8 Å². The highest BCUT2D eigenvalue weighted by Crippen LogP contribution is 2.24. The number of esters is 1. The average molecular weight is 389 g/mol. The zero-order valence-electron chi connectivity index (χ0n) is 16.4. The van der Waals surface area contributed by atoms with E-state index in [1.54, 1.807) is 0 Å². The summed E-state index contributed by atoms with van der Waals surface area (Å²) in [6.07, 6.45) is 0.661. The number of ether oxygens (including phenoxy) is 1. The Hall–Kier alpha value is -3.38. The summed E-state index contributed by atoms with van der Waals surface area (Å²) in [7, 11) is 1.40. The van der Waals surface area contributed by atoms with E-state index in [4.69, 9.17) is 4.74 Å². The van der Waals surface area contributed by atoms with Gasteiger partial charge in [0.1, 0.15) is 6.04 Å². The molecule has 2 aromatic carbocycles. The largest absolute Gasteiger partial charge is 0.468 e. The summed E-state index contributed by atoms with van der Waals surface area (Å²) in [5.41, 5.74) is 4.09. The van der Waals surface area contributed by atoms with Gasteiger partial charge in [-0.05, 0) is 47.7 Å². The van der Waals surface area contributed by atoms with Crippen LogP contribution in [0.5, 0.6) is 0 Å². The number of para-hydroxylation sites is 1. The van der Waals surface area contributed by atoms with Crippen LogP contribution in [0.15, 0.2) is 59.4 Å². The molecule has 4 rings (SSSR count). The van der Waals surface area contributed by atoms with Crippen LogP contribution in [0, 0.1) is 0 Å². The van der Waals surface area contributed by atoms with Crippen molar-refractivity contribution in [3.05, 3.63) is 70.5 Å². The van der Waals surface area contributed by atoms with Gasteiger partial charge < -0.3 is 20.0 Å². The van der Waals surface area contributed by atoms with Crippen LogP contribution in [0.25, 0.3) is 33.1 Å². The Morgan fingerprint density at radius 2 is 1.83 bits per heavy atom. The number of nitrogens with one attached hydrogen (secondary N) is 3. The third-order valence-corrected chi connectivity index (χ3v) is 5.18. The number of aromatic amines is 2. The molecule has 3 N–H and O–H groups in total. The Morgan fingerprint density at radius 1 is 1.03 bits per heavy atom. The van der Waals surface area contributed by atoms with Gasteiger partial charge in [0.2, 0.25) is 0 Å². The van der Waals surface area contributed by atoms with Gasteiger partial charge in [-0.1, -0.05) is 31.2 Å². The first-order valence-corrected chi connectivity index (χ1v) is 9.64. The number of methoxy groups -OCH3 is 1. The lowest BCUT2D eigenvalue weighted by Gasteiger charge is -2.14. The van der Waals surface area contributed by atoms with Crippen molar-refractivity contribution in [2.45, 2.75) is 25.9 Å². The molecule has 29 heavy (non-hydrogen) atoms. The summed E-state index contributed by atoms with van der Waals surface area (Å²) >= 11 is 0. The lowest BCUT2D eigenvalue weighted by Crippen LogP contribution is -2.36. The van der Waals surface area contributed by atoms with Gasteiger partial charge in [0.25, 0.3) is 5.56 Å². The summed E-state index contributed by atoms with van der Waals surface area (Å²) < 4.78 is 4.82. The first-order valence-electron chi connectivity index (χ1n) is 9.64. The normalized spacial score (nSPS) is 12.3. The van der Waals surface area contributed by atoms with Crippen LogP contribution < -0.4 is 10.9 Å². The number of carbonyl (C=O) groups is 1. The molecule has 0 aliphatic rings. The highest BCUT2D eigenvalue weighted by Gasteiger charge is 2.16. The van der Waals surface area contributed by atoms with Crippen LogP contribution >= 0.6 is 0 Å². The average Bonchev–Trinajstić information content (AvgIpc) is 3.16. The fraction of sp³-hybridized carbons (Fsp3) is 0.217. The van der Waals surface area contributed by atoms with E-state index in [1.165, 1.54) is 7.11 Å². The van der Waals surface area contributed by atoms with Crippen molar-refractivity contribution in [2.24, 2.45) is 0 Å². The molecule has 0 aliphatic heterocycles. The van der Waals surface area contributed by atoms with Gasteiger partial charge in [0, 0.05) is 23.0 Å². The van der Waals surface area contributed by atoms with Gasteiger partial charge in [-0.15, -0.1) is 0 Å². The van der Waals surface area contributed by atoms with Crippen molar-refractivity contribution in [1.29, 1.82) is 0 Å². The van der Waals surface area contributed by atoms with Crippen LogP contribution in [0.4, 0.5) is 0 Å². The molecule has 1 atom stereocenters. The first-order chi connectivity index (χ1) is 14.1. The first kappa shape index (κ1) is 19.0. The van der Waals surface area contributed by atoms with E-state index in [2.05, 4.69) is 21.4 Å². The third-order valence-electron chi connectivity index (χ3n) is 5.18. The number of fused-ring (bicyclic) bond motifs is 2. The molecule has 0 radical (unpaired) electrons. The van der Waals surface area contributed by atoms with Gasteiger partial charge in [-0.2, -0.15) is 0 Å². The van der Waals surface area contributed by atoms with E-state index in [-0.39, 0.29) is 17.6 Å². The Morgan fingerprint density at radius 3 is 2.62 bits per heavy atom. The molecule has 6 nitrogen and oxygen atoms in total. The number of hydrogen-bond acceptors (Lipinski definition) is 4. The van der Waals surface area contributed by atoms with Crippen LogP contribution in [0.2, 0.25) is 0 Å². The van der Waals surface area contributed by atoms with Crippen molar-refractivity contribution < 1.29 is 9.53 Å². The molecule has 6 heteroatoms. The Kier molecular flexibility index (Phi) is 5.18. The van der Waals surface area contributed by atoms with E-state index in [1.807, 2.05) is 55.5 Å². The Labute approximate surface area is 167 Å². The van der Waals surface area contributed by atoms with Crippen LogP contribution in [0.1, 0.15) is 18.9 Å². The lowest BCUT2D eigenvalue weighted by atomic mass is 10.1. The van der Waals surface area contributed by atoms with E-state index in [0.29, 0.717) is 18.5 Å². The fourth-order valence-corrected chi connectivity index (χ4v) is 3.56. The number of pyridine rings is 1. The molecule has 2 aromatic heterocycles. The second-order valence-electron chi connectivity index (χ2n) is 7.07. The number of aromatic nitrogens is 2. The predicted molar refractivity (Wildman–Crippen MR) is 115 cm³/mol. The molecule has 0 saturated heterocycles. The second kappa shape index (κ2) is 7.93. The minimum absolute atomic E-state index is 0.124. The molecule has 2 heterocycles. The van der Waals surface area contributed by atoms with Gasteiger partial charge in [0.05, 0.1) is 18.4 Å². The molecule has 0 fully saturated rings. The summed E-state index contributed by atoms with van der Waals surface area (Å²) in [4.78, 5) is 30.6. The van der Waals surface area contributed by atoms with Crippen LogP contribution in [-0.4, -0.2) is 29.1 Å². The number of benzene rings is 2. The van der Waals surface area contributed by atoms with Gasteiger partial charge in [-0.25, -0.2) is 0 Å². The maximum Gasteiger partial charge on any atom is 0.322 e. The van der Waals surface area contributed by atoms with E-state index in [9.17, 15) is 9.59 Å². The molecule has 148 valence electrons. The zero-order valence-corrected chi connectivity index (χ0v) is 16.4. The van der Waals surface area contributed by atoms with Crippen LogP contribution in [0.3, 0.4) is 0 Å². The topological polar surface area (TPSA) is 87.0 Å². The monoisotopic (exact) mass is 389 g/mol. The van der Waals surface area contributed by atoms with Gasteiger partial charge >= 0.3 is 5.97 Å². The standard InChI is InChI=1S/C23H23N3O3/c1-3-18(23(28)29-2)24-13-14-8-9-20-16(10-14)12-21(25-20)17-11-15-6-4-5-7-19(15)26-22(17)27/h4-12,18,24-25H,3,13H2,1-2H3,(H,26,27). The maximum atomic E-state index is 12.6. The summed E-state index contributed by atoms with van der Waals surface area (Å²) in [6, 6.07) is 17.3. The smallest absolute Gasteiger partial charge is 0.322 e. The van der Waals surface area contributed by atoms with E-state index >= 15 is 0 Å². The quantitative estimate of drug-likeness (QED) is 0.439. The Bertz CT molecular complexity index is 1240. The predicted octanol–water partition coefficient (Wildman–Crippen LogP) is 3.72.